The molecule has 2 aliphatic heterocycles. The summed E-state index contributed by atoms with van der Waals surface area (Å²) >= 11 is 0. The van der Waals surface area contributed by atoms with Crippen molar-refractivity contribution in [2.75, 3.05) is 11.9 Å². The fraction of sp³-hybridized carbons (Fsp3) is 0.263. The van der Waals surface area contributed by atoms with E-state index in [2.05, 4.69) is 0 Å². The van der Waals surface area contributed by atoms with Crippen LogP contribution >= 0.6 is 0 Å². The van der Waals surface area contributed by atoms with Gasteiger partial charge in [-0.25, -0.2) is 4.90 Å². The predicted octanol–water partition coefficient (Wildman–Crippen LogP) is 2.47. The molecular weight excluding hydrogens is 304 g/mol. The van der Waals surface area contributed by atoms with E-state index >= 15 is 0 Å². The van der Waals surface area contributed by atoms with E-state index in [9.17, 15) is 9.59 Å². The highest BCUT2D eigenvalue weighted by atomic mass is 16.7. The van der Waals surface area contributed by atoms with Crippen molar-refractivity contribution >= 4 is 17.5 Å². The van der Waals surface area contributed by atoms with E-state index in [1.807, 2.05) is 49.4 Å². The molecule has 0 bridgehead atoms. The lowest BCUT2D eigenvalue weighted by molar-refractivity contribution is -0.160. The van der Waals surface area contributed by atoms with Gasteiger partial charge in [0.2, 0.25) is 5.91 Å². The molecule has 2 amide bonds. The van der Waals surface area contributed by atoms with Gasteiger partial charge >= 0.3 is 0 Å². The zero-order valence-electron chi connectivity index (χ0n) is 13.5. The molecular formula is C19H18N2O3. The van der Waals surface area contributed by atoms with Crippen LogP contribution in [0.4, 0.5) is 5.69 Å². The molecule has 2 aliphatic rings. The number of carbonyl (C=O) groups excluding carboxylic acids is 2. The van der Waals surface area contributed by atoms with Crippen molar-refractivity contribution in [3.05, 3.63) is 65.7 Å². The van der Waals surface area contributed by atoms with Crippen molar-refractivity contribution in [2.45, 2.75) is 19.1 Å². The third-order valence-corrected chi connectivity index (χ3v) is 4.74. The maximum atomic E-state index is 13.0. The Morgan fingerprint density at radius 3 is 2.25 bits per heavy atom. The van der Waals surface area contributed by atoms with Gasteiger partial charge in [-0.2, -0.15) is 5.06 Å². The average molecular weight is 322 g/mol. The van der Waals surface area contributed by atoms with Gasteiger partial charge in [0.25, 0.3) is 5.91 Å². The lowest BCUT2D eigenvalue weighted by Gasteiger charge is -2.24. The number of fused-ring (bicyclic) bond motifs is 1. The molecule has 24 heavy (non-hydrogen) atoms. The minimum absolute atomic E-state index is 0.203. The van der Waals surface area contributed by atoms with Crippen LogP contribution in [0.5, 0.6) is 0 Å². The van der Waals surface area contributed by atoms with Crippen LogP contribution in [0.1, 0.15) is 17.2 Å². The standard InChI is InChI=1S/C19H18N2O3/c1-12-8-10-13(11-9-12)16-15-17(24-20(16)2)19(23)21(18(15)22)14-6-4-3-5-7-14/h3-11,15-17H,1-2H3/t15-,16-,17+/m0/s1. The Morgan fingerprint density at radius 1 is 0.917 bits per heavy atom. The molecule has 0 unspecified atom stereocenters. The largest absolute Gasteiger partial charge is 0.284 e. The summed E-state index contributed by atoms with van der Waals surface area (Å²) in [5.41, 5.74) is 2.72. The number of aryl methyl sites for hydroxylation is 1. The van der Waals surface area contributed by atoms with Gasteiger partial charge in [0.05, 0.1) is 17.6 Å². The smallest absolute Gasteiger partial charge is 0.265 e. The number of hydrogen-bond donors (Lipinski definition) is 0. The Bertz CT molecular complexity index is 788. The number of carbonyl (C=O) groups is 2. The molecule has 0 radical (unpaired) electrons. The summed E-state index contributed by atoms with van der Waals surface area (Å²) in [6.45, 7) is 2.02. The summed E-state index contributed by atoms with van der Waals surface area (Å²) in [6, 6.07) is 16.7. The fourth-order valence-electron chi connectivity index (χ4n) is 3.56. The summed E-state index contributed by atoms with van der Waals surface area (Å²) in [5, 5.41) is 1.64. The Balaban J connectivity index is 1.72. The van der Waals surface area contributed by atoms with Gasteiger partial charge in [-0.3, -0.25) is 14.4 Å². The number of para-hydroxylation sites is 1. The zero-order valence-corrected chi connectivity index (χ0v) is 13.5. The summed E-state index contributed by atoms with van der Waals surface area (Å²) in [4.78, 5) is 32.7. The Kier molecular flexibility index (Phi) is 3.48. The summed E-state index contributed by atoms with van der Waals surface area (Å²) in [6.07, 6.45) is -0.756. The number of rotatable bonds is 2. The first-order valence-electron chi connectivity index (χ1n) is 7.97. The van der Waals surface area contributed by atoms with E-state index < -0.39 is 12.0 Å². The first kappa shape index (κ1) is 15.1. The van der Waals surface area contributed by atoms with E-state index in [0.29, 0.717) is 5.69 Å². The maximum Gasteiger partial charge on any atom is 0.265 e. The van der Waals surface area contributed by atoms with Crippen LogP contribution in [-0.2, 0) is 14.4 Å². The van der Waals surface area contributed by atoms with Crippen molar-refractivity contribution in [3.63, 3.8) is 0 Å². The van der Waals surface area contributed by atoms with Crippen LogP contribution in [0.3, 0.4) is 0 Å². The maximum absolute atomic E-state index is 13.0. The highest BCUT2D eigenvalue weighted by molar-refractivity contribution is 6.23. The van der Waals surface area contributed by atoms with Crippen molar-refractivity contribution in [1.82, 2.24) is 5.06 Å². The molecule has 2 fully saturated rings. The molecule has 4 rings (SSSR count). The predicted molar refractivity (Wildman–Crippen MR) is 89.0 cm³/mol. The molecule has 5 heteroatoms. The topological polar surface area (TPSA) is 49.9 Å². The second kappa shape index (κ2) is 5.54. The minimum atomic E-state index is -0.756. The molecule has 2 saturated heterocycles. The van der Waals surface area contributed by atoms with Crippen LogP contribution in [0.25, 0.3) is 0 Å². The van der Waals surface area contributed by atoms with Crippen molar-refractivity contribution < 1.29 is 14.4 Å². The van der Waals surface area contributed by atoms with Crippen molar-refractivity contribution in [3.8, 4) is 0 Å². The Hall–Kier alpha value is -2.50. The van der Waals surface area contributed by atoms with Crippen LogP contribution in [0.15, 0.2) is 54.6 Å². The third-order valence-electron chi connectivity index (χ3n) is 4.74. The zero-order chi connectivity index (χ0) is 16.8. The van der Waals surface area contributed by atoms with E-state index in [1.54, 1.807) is 24.2 Å². The van der Waals surface area contributed by atoms with E-state index in [0.717, 1.165) is 11.1 Å². The van der Waals surface area contributed by atoms with Gasteiger partial charge < -0.3 is 0 Å². The number of benzene rings is 2. The first-order valence-corrected chi connectivity index (χ1v) is 7.97. The van der Waals surface area contributed by atoms with E-state index in [4.69, 9.17) is 4.84 Å². The number of amides is 2. The molecule has 0 aromatic heterocycles. The van der Waals surface area contributed by atoms with Gasteiger partial charge in [-0.05, 0) is 24.6 Å². The monoisotopic (exact) mass is 322 g/mol. The third kappa shape index (κ3) is 2.17. The van der Waals surface area contributed by atoms with Crippen LogP contribution < -0.4 is 4.90 Å². The summed E-state index contributed by atoms with van der Waals surface area (Å²) in [7, 11) is 1.77. The van der Waals surface area contributed by atoms with Gasteiger partial charge in [-0.15, -0.1) is 0 Å². The highest BCUT2D eigenvalue weighted by Gasteiger charge is 2.59. The molecule has 2 aromatic rings. The average Bonchev–Trinajstić information content (AvgIpc) is 3.04. The Morgan fingerprint density at radius 2 is 1.58 bits per heavy atom. The van der Waals surface area contributed by atoms with Crippen LogP contribution in [0, 0.1) is 12.8 Å². The van der Waals surface area contributed by atoms with Gasteiger partial charge in [0.1, 0.15) is 0 Å². The van der Waals surface area contributed by atoms with Gasteiger partial charge in [0.15, 0.2) is 6.10 Å². The first-order chi connectivity index (χ1) is 11.6. The van der Waals surface area contributed by atoms with Crippen molar-refractivity contribution in [2.24, 2.45) is 5.92 Å². The molecule has 0 spiro atoms. The molecule has 122 valence electrons. The highest BCUT2D eigenvalue weighted by Crippen LogP contribution is 2.44. The SMILES string of the molecule is Cc1ccc([C@H]2[C@@H]3C(=O)N(c4ccccc4)C(=O)[C@@H]3ON2C)cc1. The van der Waals surface area contributed by atoms with Gasteiger partial charge in [0, 0.05) is 7.05 Å². The van der Waals surface area contributed by atoms with E-state index in [1.165, 1.54) is 4.90 Å². The number of imide groups is 1. The molecule has 0 N–H and O–H groups in total. The second-order valence-electron chi connectivity index (χ2n) is 6.30. The number of hydrogen-bond acceptors (Lipinski definition) is 4. The molecule has 2 aromatic carbocycles. The lowest BCUT2D eigenvalue weighted by atomic mass is 9.90. The lowest BCUT2D eigenvalue weighted by Crippen LogP contribution is -2.36. The van der Waals surface area contributed by atoms with Crippen molar-refractivity contribution in [1.29, 1.82) is 0 Å². The molecule has 3 atom stereocenters. The molecule has 0 aliphatic carbocycles. The Labute approximate surface area is 140 Å². The van der Waals surface area contributed by atoms with E-state index in [-0.39, 0.29) is 17.9 Å². The van der Waals surface area contributed by atoms with Crippen LogP contribution in [-0.4, -0.2) is 30.0 Å². The molecule has 0 saturated carbocycles. The summed E-state index contributed by atoms with van der Waals surface area (Å²) in [5.74, 6) is -1.02. The molecule has 2 heterocycles. The number of nitrogens with zero attached hydrogens (tertiary/aromatic N) is 2. The molecule has 5 nitrogen and oxygen atoms in total. The summed E-state index contributed by atoms with van der Waals surface area (Å²) < 4.78 is 0. The number of anilines is 1. The second-order valence-corrected chi connectivity index (χ2v) is 6.30. The van der Waals surface area contributed by atoms with Crippen LogP contribution in [0.2, 0.25) is 0 Å². The van der Waals surface area contributed by atoms with Gasteiger partial charge in [-0.1, -0.05) is 48.0 Å². The quantitative estimate of drug-likeness (QED) is 0.797. The number of hydroxylamine groups is 2. The minimum Gasteiger partial charge on any atom is -0.284 e. The normalized spacial score (nSPS) is 26.9. The fourth-order valence-corrected chi connectivity index (χ4v) is 3.56.